The van der Waals surface area contributed by atoms with Crippen LogP contribution in [0.15, 0.2) is 0 Å². The normalized spacial score (nSPS) is 31.9. The number of hydrogen-bond donors (Lipinski definition) is 1. The Balaban J connectivity index is 2.36. The van der Waals surface area contributed by atoms with Gasteiger partial charge in [-0.3, -0.25) is 10.1 Å². The zero-order valence-corrected chi connectivity index (χ0v) is 6.01. The average Bonchev–Trinajstić information content (AvgIpc) is 2.44. The van der Waals surface area contributed by atoms with Gasteiger partial charge < -0.3 is 4.90 Å². The molecule has 1 rings (SSSR count). The molecule has 0 saturated carbocycles. The number of carbonyl (C=O) groups is 1. The van der Waals surface area contributed by atoms with Crippen LogP contribution in [-0.2, 0) is 4.79 Å². The zero-order chi connectivity index (χ0) is 7.02. The fraction of sp³-hybridized carbons (Fsp3) is 0.833. The SMILES string of the molecule is C[C@@H]1N[C@H]1C(=O)N(C)C. The summed E-state index contributed by atoms with van der Waals surface area (Å²) >= 11 is 0. The summed E-state index contributed by atoms with van der Waals surface area (Å²) in [5.74, 6) is 0.183. The van der Waals surface area contributed by atoms with Crippen molar-refractivity contribution in [3.8, 4) is 0 Å². The van der Waals surface area contributed by atoms with E-state index in [4.69, 9.17) is 0 Å². The molecule has 0 aromatic heterocycles. The average molecular weight is 128 g/mol. The van der Waals surface area contributed by atoms with Crippen LogP contribution in [-0.4, -0.2) is 37.0 Å². The predicted octanol–water partition coefficient (Wildman–Crippen LogP) is -0.565. The zero-order valence-electron chi connectivity index (χ0n) is 6.01. The molecule has 1 heterocycles. The van der Waals surface area contributed by atoms with Crippen molar-refractivity contribution in [3.05, 3.63) is 0 Å². The number of rotatable bonds is 1. The van der Waals surface area contributed by atoms with Gasteiger partial charge in [0.25, 0.3) is 0 Å². The summed E-state index contributed by atoms with van der Waals surface area (Å²) in [7, 11) is 3.55. The smallest absolute Gasteiger partial charge is 0.240 e. The van der Waals surface area contributed by atoms with Crippen LogP contribution >= 0.6 is 0 Å². The Hall–Kier alpha value is -0.570. The van der Waals surface area contributed by atoms with Crippen LogP contribution in [0.3, 0.4) is 0 Å². The maximum Gasteiger partial charge on any atom is 0.240 e. The van der Waals surface area contributed by atoms with Crippen LogP contribution in [0.25, 0.3) is 0 Å². The second-order valence-electron chi connectivity index (χ2n) is 2.67. The van der Waals surface area contributed by atoms with Crippen molar-refractivity contribution in [1.29, 1.82) is 0 Å². The molecular weight excluding hydrogens is 116 g/mol. The lowest BCUT2D eigenvalue weighted by Gasteiger charge is -2.07. The van der Waals surface area contributed by atoms with Crippen molar-refractivity contribution in [2.75, 3.05) is 14.1 Å². The van der Waals surface area contributed by atoms with Gasteiger partial charge >= 0.3 is 0 Å². The number of likely N-dealkylation sites (N-methyl/N-ethyl adjacent to an activating group) is 1. The van der Waals surface area contributed by atoms with Gasteiger partial charge in [-0.05, 0) is 6.92 Å². The molecule has 0 radical (unpaired) electrons. The molecule has 0 unspecified atom stereocenters. The molecular formula is C6H12N2O. The number of amides is 1. The summed E-state index contributed by atoms with van der Waals surface area (Å²) in [5, 5.41) is 3.02. The summed E-state index contributed by atoms with van der Waals surface area (Å²) < 4.78 is 0. The third-order valence-electron chi connectivity index (χ3n) is 1.54. The van der Waals surface area contributed by atoms with Crippen LogP contribution in [0, 0.1) is 0 Å². The lowest BCUT2D eigenvalue weighted by molar-refractivity contribution is -0.128. The molecule has 1 saturated heterocycles. The van der Waals surface area contributed by atoms with Crippen molar-refractivity contribution >= 4 is 5.91 Å². The van der Waals surface area contributed by atoms with Gasteiger partial charge in [0, 0.05) is 20.1 Å². The van der Waals surface area contributed by atoms with Crippen LogP contribution < -0.4 is 5.32 Å². The lowest BCUT2D eigenvalue weighted by Crippen LogP contribution is -2.28. The van der Waals surface area contributed by atoms with Gasteiger partial charge in [0.15, 0.2) is 0 Å². The highest BCUT2D eigenvalue weighted by Crippen LogP contribution is 2.10. The molecule has 0 bridgehead atoms. The van der Waals surface area contributed by atoms with E-state index in [-0.39, 0.29) is 11.9 Å². The Bertz CT molecular complexity index is 133. The largest absolute Gasteiger partial charge is 0.347 e. The standard InChI is InChI=1S/C6H12N2O/c1-4-5(7-4)6(9)8(2)3/h4-5,7H,1-3H3/t4-,5+/m0/s1. The molecule has 0 aromatic rings. The van der Waals surface area contributed by atoms with Gasteiger partial charge in [0.05, 0.1) is 0 Å². The van der Waals surface area contributed by atoms with Gasteiger partial charge in [-0.2, -0.15) is 0 Å². The quantitative estimate of drug-likeness (QED) is 0.481. The van der Waals surface area contributed by atoms with E-state index in [1.54, 1.807) is 19.0 Å². The molecule has 1 amide bonds. The van der Waals surface area contributed by atoms with Crippen LogP contribution in [0.5, 0.6) is 0 Å². The summed E-state index contributed by atoms with van der Waals surface area (Å²) in [6, 6.07) is 0.486. The van der Waals surface area contributed by atoms with E-state index < -0.39 is 0 Å². The molecule has 3 heteroatoms. The van der Waals surface area contributed by atoms with Gasteiger partial charge in [-0.15, -0.1) is 0 Å². The molecule has 52 valence electrons. The molecule has 0 spiro atoms. The minimum atomic E-state index is 0.0972. The van der Waals surface area contributed by atoms with E-state index in [0.717, 1.165) is 0 Å². The maximum absolute atomic E-state index is 11.0. The van der Waals surface area contributed by atoms with Crippen molar-refractivity contribution in [2.24, 2.45) is 0 Å². The van der Waals surface area contributed by atoms with Crippen LogP contribution in [0.4, 0.5) is 0 Å². The first kappa shape index (κ1) is 6.55. The van der Waals surface area contributed by atoms with E-state index >= 15 is 0 Å². The van der Waals surface area contributed by atoms with E-state index in [0.29, 0.717) is 6.04 Å². The van der Waals surface area contributed by atoms with E-state index in [1.165, 1.54) is 0 Å². The van der Waals surface area contributed by atoms with Crippen molar-refractivity contribution in [2.45, 2.75) is 19.0 Å². The molecule has 0 aliphatic carbocycles. The highest BCUT2D eigenvalue weighted by atomic mass is 16.2. The van der Waals surface area contributed by atoms with E-state index in [9.17, 15) is 4.79 Å². The molecule has 1 aliphatic heterocycles. The lowest BCUT2D eigenvalue weighted by atomic mass is 10.3. The van der Waals surface area contributed by atoms with E-state index in [1.807, 2.05) is 6.92 Å². The number of carbonyl (C=O) groups excluding carboxylic acids is 1. The molecule has 1 N–H and O–H groups in total. The topological polar surface area (TPSA) is 42.3 Å². The number of hydrogen-bond acceptors (Lipinski definition) is 2. The van der Waals surface area contributed by atoms with Crippen molar-refractivity contribution < 1.29 is 4.79 Å². The molecule has 2 atom stereocenters. The van der Waals surface area contributed by atoms with Crippen molar-refractivity contribution in [3.63, 3.8) is 0 Å². The fourth-order valence-electron chi connectivity index (χ4n) is 0.791. The Morgan fingerprint density at radius 1 is 1.56 bits per heavy atom. The van der Waals surface area contributed by atoms with Crippen LogP contribution in [0.1, 0.15) is 6.92 Å². The first-order valence-corrected chi connectivity index (χ1v) is 3.10. The first-order valence-electron chi connectivity index (χ1n) is 3.10. The minimum Gasteiger partial charge on any atom is -0.347 e. The first-order chi connectivity index (χ1) is 4.13. The van der Waals surface area contributed by atoms with Gasteiger partial charge in [0.1, 0.15) is 6.04 Å². The minimum absolute atomic E-state index is 0.0972. The predicted molar refractivity (Wildman–Crippen MR) is 35.1 cm³/mol. The van der Waals surface area contributed by atoms with Gasteiger partial charge in [-0.1, -0.05) is 0 Å². The molecule has 9 heavy (non-hydrogen) atoms. The maximum atomic E-state index is 11.0. The van der Waals surface area contributed by atoms with Gasteiger partial charge in [0.2, 0.25) is 5.91 Å². The highest BCUT2D eigenvalue weighted by molar-refractivity contribution is 5.85. The molecule has 3 nitrogen and oxygen atoms in total. The second-order valence-corrected chi connectivity index (χ2v) is 2.67. The monoisotopic (exact) mass is 128 g/mol. The molecule has 0 aromatic carbocycles. The molecule has 1 fully saturated rings. The number of nitrogens with zero attached hydrogens (tertiary/aromatic N) is 1. The molecule has 1 aliphatic rings. The Morgan fingerprint density at radius 2 is 2.00 bits per heavy atom. The Kier molecular flexibility index (Phi) is 1.45. The van der Waals surface area contributed by atoms with E-state index in [2.05, 4.69) is 5.32 Å². The third-order valence-corrected chi connectivity index (χ3v) is 1.54. The van der Waals surface area contributed by atoms with Crippen molar-refractivity contribution in [1.82, 2.24) is 10.2 Å². The Morgan fingerprint density at radius 3 is 2.11 bits per heavy atom. The summed E-state index contributed by atoms with van der Waals surface area (Å²) in [5.41, 5.74) is 0. The fourth-order valence-corrected chi connectivity index (χ4v) is 0.791. The number of nitrogens with one attached hydrogen (secondary N) is 1. The summed E-state index contributed by atoms with van der Waals surface area (Å²) in [6.45, 7) is 2.01. The van der Waals surface area contributed by atoms with Crippen LogP contribution in [0.2, 0.25) is 0 Å². The Labute approximate surface area is 55.0 Å². The van der Waals surface area contributed by atoms with Gasteiger partial charge in [-0.25, -0.2) is 0 Å². The second kappa shape index (κ2) is 1.99. The highest BCUT2D eigenvalue weighted by Gasteiger charge is 2.38. The summed E-state index contributed by atoms with van der Waals surface area (Å²) in [4.78, 5) is 12.6. The third kappa shape index (κ3) is 1.21. The summed E-state index contributed by atoms with van der Waals surface area (Å²) in [6.07, 6.45) is 0.